The molecule has 1 aromatic carbocycles. The fourth-order valence-electron chi connectivity index (χ4n) is 2.08. The minimum absolute atomic E-state index is 0. The molecule has 0 spiro atoms. The molecule has 0 unspecified atom stereocenters. The van der Waals surface area contributed by atoms with E-state index >= 15 is 0 Å². The van der Waals surface area contributed by atoms with Gasteiger partial charge < -0.3 is 5.61 Å². The third-order valence-corrected chi connectivity index (χ3v) is 4.45. The number of hydrogen-bond acceptors (Lipinski definition) is 3. The predicted molar refractivity (Wildman–Crippen MR) is 84.6 cm³/mol. The molecule has 0 aliphatic carbocycles. The number of para-hydroxylation sites is 1. The van der Waals surface area contributed by atoms with Crippen molar-refractivity contribution in [3.05, 3.63) is 30.3 Å². The van der Waals surface area contributed by atoms with Gasteiger partial charge in [0, 0.05) is 0 Å². The summed E-state index contributed by atoms with van der Waals surface area (Å²) in [6.45, 7) is 2.21. The van der Waals surface area contributed by atoms with Crippen LogP contribution in [0.4, 0.5) is 0 Å². The Labute approximate surface area is 173 Å². The van der Waals surface area contributed by atoms with Crippen LogP contribution in [0, 0.1) is 0 Å². The Morgan fingerprint density at radius 2 is 1.43 bits per heavy atom. The number of benzene rings is 1. The molecule has 0 aliphatic heterocycles. The first-order valence-corrected chi connectivity index (χ1v) is 9.19. The van der Waals surface area contributed by atoms with E-state index in [1.807, 2.05) is 6.07 Å². The minimum Gasteiger partial charge on any atom is -1.00 e. The zero-order valence-corrected chi connectivity index (χ0v) is 17.3. The van der Waals surface area contributed by atoms with Crippen molar-refractivity contribution in [2.75, 3.05) is 5.75 Å². The average molecular weight is 339 g/mol. The van der Waals surface area contributed by atoms with Gasteiger partial charge >= 0.3 is 61.5 Å². The van der Waals surface area contributed by atoms with Gasteiger partial charge in [-0.25, -0.2) is 0 Å². The zero-order valence-electron chi connectivity index (χ0n) is 14.4. The molecule has 0 aromatic heterocycles. The van der Waals surface area contributed by atoms with Crippen molar-refractivity contribution >= 4 is 10.1 Å². The van der Waals surface area contributed by atoms with Crippen molar-refractivity contribution < 1.29 is 65.4 Å². The van der Waals surface area contributed by atoms with Crippen LogP contribution in [0.3, 0.4) is 0 Å². The summed E-state index contributed by atoms with van der Waals surface area (Å²) in [4.78, 5) is 0. The van der Waals surface area contributed by atoms with Crippen LogP contribution < -0.4 is 55.6 Å². The summed E-state index contributed by atoms with van der Waals surface area (Å²) in [6, 6.07) is 8.68. The predicted octanol–water partition coefficient (Wildman–Crippen LogP) is 1.65. The Hall–Kier alpha value is 0.606. The van der Waals surface area contributed by atoms with Gasteiger partial charge in [0.25, 0.3) is 0 Å². The maximum absolute atomic E-state index is 11.8. The van der Waals surface area contributed by atoms with Crippen LogP contribution in [-0.4, -0.2) is 14.2 Å². The third-order valence-electron chi connectivity index (χ3n) is 3.21. The zero-order chi connectivity index (χ0) is 14.7. The Balaban J connectivity index is 0. The smallest absolute Gasteiger partial charge is 1.00 e. The fourth-order valence-corrected chi connectivity index (χ4v) is 3.12. The van der Waals surface area contributed by atoms with Gasteiger partial charge in [0.05, 0.1) is 5.75 Å². The Bertz CT molecular complexity index is 452. The normalized spacial score (nSPS) is 10.9. The molecule has 1 aromatic rings. The molecule has 0 aliphatic rings. The van der Waals surface area contributed by atoms with E-state index in [0.717, 1.165) is 12.8 Å². The Morgan fingerprint density at radius 1 is 0.905 bits per heavy atom. The van der Waals surface area contributed by atoms with E-state index < -0.39 is 10.1 Å². The fraction of sp³-hybridized carbons (Fsp3) is 0.625. The quantitative estimate of drug-likeness (QED) is 0.350. The molecule has 0 radical (unpaired) electrons. The van der Waals surface area contributed by atoms with E-state index in [1.165, 1.54) is 32.1 Å². The first-order chi connectivity index (χ1) is 9.64. The molecule has 3 nitrogen and oxygen atoms in total. The summed E-state index contributed by atoms with van der Waals surface area (Å²) in [7, 11) is -3.44. The summed E-state index contributed by atoms with van der Waals surface area (Å²) >= 11 is 0. The summed E-state index contributed by atoms with van der Waals surface area (Å²) in [6.07, 6.45) is 9.10. The van der Waals surface area contributed by atoms with E-state index in [2.05, 4.69) is 6.92 Å². The van der Waals surface area contributed by atoms with E-state index in [9.17, 15) is 8.42 Å². The maximum Gasteiger partial charge on any atom is 1.00 e. The van der Waals surface area contributed by atoms with E-state index in [-0.39, 0.29) is 58.6 Å². The third kappa shape index (κ3) is 11.8. The van der Waals surface area contributed by atoms with Gasteiger partial charge in [0.1, 0.15) is 5.75 Å². The molecule has 0 saturated heterocycles. The van der Waals surface area contributed by atoms with Crippen molar-refractivity contribution in [2.45, 2.75) is 58.3 Å². The van der Waals surface area contributed by atoms with Gasteiger partial charge in [0.15, 0.2) is 0 Å². The summed E-state index contributed by atoms with van der Waals surface area (Å²) in [5.74, 6) is 0.503. The number of rotatable bonds is 11. The van der Waals surface area contributed by atoms with Gasteiger partial charge in [-0.2, -0.15) is 8.42 Å². The molecule has 1 rings (SSSR count). The van der Waals surface area contributed by atoms with Crippen LogP contribution in [0.25, 0.3) is 0 Å². The van der Waals surface area contributed by atoms with Crippen LogP contribution in [0.5, 0.6) is 5.75 Å². The molecule has 21 heavy (non-hydrogen) atoms. The van der Waals surface area contributed by atoms with Gasteiger partial charge in [0.2, 0.25) is 0 Å². The van der Waals surface area contributed by atoms with E-state index in [0.29, 0.717) is 12.2 Å². The minimum atomic E-state index is -3.44. The first-order valence-electron chi connectivity index (χ1n) is 7.61. The molecule has 5 heteroatoms. The molecular formula is C16H27KO3S. The van der Waals surface area contributed by atoms with Gasteiger partial charge in [-0.1, -0.05) is 70.1 Å². The monoisotopic (exact) mass is 338 g/mol. The summed E-state index contributed by atoms with van der Waals surface area (Å²) in [5, 5.41) is 0. The SMILES string of the molecule is CCCCCCCCCCS(=O)(=O)Oc1ccccc1.[H-].[K+]. The second-order valence-corrected chi connectivity index (χ2v) is 6.82. The molecule has 0 heterocycles. The molecule has 0 N–H and O–H groups in total. The van der Waals surface area contributed by atoms with Crippen molar-refractivity contribution in [3.8, 4) is 5.75 Å². The molecule has 0 bridgehead atoms. The molecule has 0 saturated carbocycles. The van der Waals surface area contributed by atoms with Gasteiger partial charge in [-0.15, -0.1) is 0 Å². The molecule has 0 amide bonds. The Morgan fingerprint density at radius 3 is 2.00 bits per heavy atom. The van der Waals surface area contributed by atoms with E-state index in [1.54, 1.807) is 24.3 Å². The maximum atomic E-state index is 11.8. The number of unbranched alkanes of at least 4 members (excludes halogenated alkanes) is 7. The van der Waals surface area contributed by atoms with Gasteiger partial charge in [-0.3, -0.25) is 0 Å². The van der Waals surface area contributed by atoms with E-state index in [4.69, 9.17) is 4.18 Å². The molecule has 0 fully saturated rings. The molecule has 116 valence electrons. The van der Waals surface area contributed by atoms with Crippen LogP contribution >= 0.6 is 0 Å². The van der Waals surface area contributed by atoms with Crippen molar-refractivity contribution in [1.82, 2.24) is 0 Å². The largest absolute Gasteiger partial charge is 1.00 e. The van der Waals surface area contributed by atoms with Crippen LogP contribution in [-0.2, 0) is 10.1 Å². The second kappa shape index (κ2) is 13.1. The van der Waals surface area contributed by atoms with Crippen molar-refractivity contribution in [2.24, 2.45) is 0 Å². The van der Waals surface area contributed by atoms with Gasteiger partial charge in [-0.05, 0) is 18.6 Å². The standard InChI is InChI=1S/C16H26O3S.K.H/c1-2-3-4-5-6-7-8-12-15-20(17,18)19-16-13-10-9-11-14-16;;/h9-11,13-14H,2-8,12,15H2,1H3;;/q;+1;-1. The summed E-state index contributed by atoms with van der Waals surface area (Å²) in [5.41, 5.74) is 0. The summed E-state index contributed by atoms with van der Waals surface area (Å²) < 4.78 is 28.5. The second-order valence-electron chi connectivity index (χ2n) is 5.13. The van der Waals surface area contributed by atoms with Crippen LogP contribution in [0.2, 0.25) is 0 Å². The molecule has 0 atom stereocenters. The number of hydrogen-bond donors (Lipinski definition) is 0. The molecular weight excluding hydrogens is 311 g/mol. The van der Waals surface area contributed by atoms with Crippen molar-refractivity contribution in [3.63, 3.8) is 0 Å². The first kappa shape index (κ1) is 21.6. The topological polar surface area (TPSA) is 43.4 Å². The van der Waals surface area contributed by atoms with Crippen LogP contribution in [0.15, 0.2) is 30.3 Å². The Kier molecular flexibility index (Phi) is 13.5. The van der Waals surface area contributed by atoms with Crippen LogP contribution in [0.1, 0.15) is 59.7 Å². The van der Waals surface area contributed by atoms with Crippen molar-refractivity contribution in [1.29, 1.82) is 0 Å². The average Bonchev–Trinajstić information content (AvgIpc) is 2.42.